The molecule has 0 atom stereocenters. The molecule has 3 aromatic rings. The van der Waals surface area contributed by atoms with Crippen molar-refractivity contribution in [2.24, 2.45) is 0 Å². The van der Waals surface area contributed by atoms with Crippen molar-refractivity contribution in [1.82, 2.24) is 10.2 Å². The van der Waals surface area contributed by atoms with Gasteiger partial charge in [0.05, 0.1) is 0 Å². The predicted molar refractivity (Wildman–Crippen MR) is 82.9 cm³/mol. The summed E-state index contributed by atoms with van der Waals surface area (Å²) < 4.78 is 6.07. The lowest BCUT2D eigenvalue weighted by Crippen LogP contribution is -1.99. The zero-order valence-electron chi connectivity index (χ0n) is 11.0. The molecular formula is C15H12BrN3O2. The molecule has 2 aromatic carbocycles. The van der Waals surface area contributed by atoms with Gasteiger partial charge in [0.1, 0.15) is 5.75 Å². The molecule has 0 aliphatic rings. The highest BCUT2D eigenvalue weighted by molar-refractivity contribution is 9.10. The zero-order valence-corrected chi connectivity index (χ0v) is 12.5. The van der Waals surface area contributed by atoms with Crippen molar-refractivity contribution in [2.75, 3.05) is 5.32 Å². The van der Waals surface area contributed by atoms with E-state index < -0.39 is 0 Å². The van der Waals surface area contributed by atoms with Crippen LogP contribution in [0, 0.1) is 0 Å². The fourth-order valence-electron chi connectivity index (χ4n) is 1.92. The molecule has 6 heteroatoms. The van der Waals surface area contributed by atoms with Crippen LogP contribution in [0.25, 0.3) is 11.5 Å². The van der Waals surface area contributed by atoms with Crippen molar-refractivity contribution in [2.45, 2.75) is 6.54 Å². The molecule has 0 aliphatic carbocycles. The van der Waals surface area contributed by atoms with Gasteiger partial charge in [0.2, 0.25) is 12.3 Å². The van der Waals surface area contributed by atoms with Crippen molar-refractivity contribution in [3.63, 3.8) is 0 Å². The van der Waals surface area contributed by atoms with Gasteiger partial charge in [-0.05, 0) is 42.5 Å². The van der Waals surface area contributed by atoms with Crippen LogP contribution in [0.1, 0.15) is 5.56 Å². The minimum Gasteiger partial charge on any atom is -0.508 e. The van der Waals surface area contributed by atoms with Gasteiger partial charge in [0, 0.05) is 27.8 Å². The van der Waals surface area contributed by atoms with E-state index >= 15 is 0 Å². The number of nitrogens with zero attached hydrogens (tertiary/aromatic N) is 2. The van der Waals surface area contributed by atoms with Gasteiger partial charge in [0.15, 0.2) is 0 Å². The molecule has 21 heavy (non-hydrogen) atoms. The van der Waals surface area contributed by atoms with Gasteiger partial charge in [-0.3, -0.25) is 0 Å². The summed E-state index contributed by atoms with van der Waals surface area (Å²) in [6.45, 7) is 0.533. The molecule has 2 N–H and O–H groups in total. The van der Waals surface area contributed by atoms with Crippen LogP contribution in [0.2, 0.25) is 0 Å². The summed E-state index contributed by atoms with van der Waals surface area (Å²) >= 11 is 3.39. The van der Waals surface area contributed by atoms with Crippen LogP contribution in [0.15, 0.2) is 57.7 Å². The number of aromatic hydroxyl groups is 1. The van der Waals surface area contributed by atoms with Gasteiger partial charge < -0.3 is 14.8 Å². The van der Waals surface area contributed by atoms with Crippen LogP contribution < -0.4 is 5.32 Å². The minimum atomic E-state index is 0.271. The number of halogens is 1. The first-order chi connectivity index (χ1) is 10.2. The summed E-state index contributed by atoms with van der Waals surface area (Å²) in [5.41, 5.74) is 2.63. The summed E-state index contributed by atoms with van der Waals surface area (Å²) in [5, 5.41) is 20.6. The second-order valence-corrected chi connectivity index (χ2v) is 5.36. The molecule has 0 bridgehead atoms. The lowest BCUT2D eigenvalue weighted by atomic mass is 10.1. The average molecular weight is 346 g/mol. The number of phenolic OH excluding ortho intramolecular Hbond substituents is 1. The van der Waals surface area contributed by atoms with Crippen molar-refractivity contribution in [3.05, 3.63) is 58.9 Å². The smallest absolute Gasteiger partial charge is 0.247 e. The fourth-order valence-corrected chi connectivity index (χ4v) is 2.33. The molecule has 0 unspecified atom stereocenters. The first-order valence-electron chi connectivity index (χ1n) is 6.30. The maximum atomic E-state index is 9.79. The third-order valence-corrected chi connectivity index (χ3v) is 3.51. The molecule has 106 valence electrons. The molecule has 0 radical (unpaired) electrons. The van der Waals surface area contributed by atoms with E-state index in [9.17, 15) is 5.11 Å². The Hall–Kier alpha value is -2.34. The second-order valence-electron chi connectivity index (χ2n) is 4.45. The Bertz CT molecular complexity index is 727. The van der Waals surface area contributed by atoms with Crippen molar-refractivity contribution in [3.8, 4) is 17.2 Å². The molecule has 3 rings (SSSR count). The molecule has 0 saturated carbocycles. The third-order valence-electron chi connectivity index (χ3n) is 3.02. The first-order valence-corrected chi connectivity index (χ1v) is 7.09. The third kappa shape index (κ3) is 3.22. The van der Waals surface area contributed by atoms with E-state index in [1.54, 1.807) is 12.1 Å². The molecule has 0 amide bonds. The largest absolute Gasteiger partial charge is 0.508 e. The van der Waals surface area contributed by atoms with Crippen LogP contribution in [0.4, 0.5) is 5.69 Å². The summed E-state index contributed by atoms with van der Waals surface area (Å²) in [6.07, 6.45) is 1.30. The SMILES string of the molecule is Oc1ccc(Br)cc1CNc1ccc(-c2nnco2)cc1. The molecule has 5 nitrogen and oxygen atoms in total. The van der Waals surface area contributed by atoms with Gasteiger partial charge in [-0.1, -0.05) is 15.9 Å². The summed E-state index contributed by atoms with van der Waals surface area (Å²) in [4.78, 5) is 0. The van der Waals surface area contributed by atoms with E-state index in [1.807, 2.05) is 30.3 Å². The Morgan fingerprint density at radius 3 is 2.67 bits per heavy atom. The number of aromatic nitrogens is 2. The molecule has 0 aliphatic heterocycles. The Morgan fingerprint density at radius 2 is 1.95 bits per heavy atom. The van der Waals surface area contributed by atoms with Gasteiger partial charge in [0.25, 0.3) is 0 Å². The average Bonchev–Trinajstić information content (AvgIpc) is 3.03. The van der Waals surface area contributed by atoms with Crippen LogP contribution in [0.5, 0.6) is 5.75 Å². The molecule has 1 aromatic heterocycles. The van der Waals surface area contributed by atoms with Gasteiger partial charge >= 0.3 is 0 Å². The molecular weight excluding hydrogens is 334 g/mol. The van der Waals surface area contributed by atoms with Gasteiger partial charge in [-0.2, -0.15) is 0 Å². The normalized spacial score (nSPS) is 10.5. The predicted octanol–water partition coefficient (Wildman–Crippen LogP) is 3.82. The topological polar surface area (TPSA) is 71.2 Å². The zero-order chi connectivity index (χ0) is 14.7. The maximum absolute atomic E-state index is 9.79. The monoisotopic (exact) mass is 345 g/mol. The highest BCUT2D eigenvalue weighted by Gasteiger charge is 2.04. The summed E-state index contributed by atoms with van der Waals surface area (Å²) in [7, 11) is 0. The van der Waals surface area contributed by atoms with Crippen LogP contribution in [0.3, 0.4) is 0 Å². The quantitative estimate of drug-likeness (QED) is 0.752. The molecule has 0 spiro atoms. The van der Waals surface area contributed by atoms with E-state index in [4.69, 9.17) is 4.42 Å². The number of phenols is 1. The fraction of sp³-hybridized carbons (Fsp3) is 0.0667. The number of anilines is 1. The van der Waals surface area contributed by atoms with Crippen molar-refractivity contribution < 1.29 is 9.52 Å². The number of nitrogens with one attached hydrogen (secondary N) is 1. The Kier molecular flexibility index (Phi) is 3.87. The standard InChI is InChI=1S/C15H12BrN3O2/c16-12-3-6-14(20)11(7-12)8-17-13-4-1-10(2-5-13)15-19-18-9-21-15/h1-7,9,17,20H,8H2. The molecule has 1 heterocycles. The van der Waals surface area contributed by atoms with Gasteiger partial charge in [-0.15, -0.1) is 10.2 Å². The Labute approximate surface area is 129 Å². The van der Waals surface area contributed by atoms with Crippen LogP contribution >= 0.6 is 15.9 Å². The van der Waals surface area contributed by atoms with Crippen LogP contribution in [-0.4, -0.2) is 15.3 Å². The number of hydrogen-bond donors (Lipinski definition) is 2. The minimum absolute atomic E-state index is 0.271. The molecule has 0 fully saturated rings. The van der Waals surface area contributed by atoms with Crippen LogP contribution in [-0.2, 0) is 6.54 Å². The van der Waals surface area contributed by atoms with E-state index in [0.717, 1.165) is 21.3 Å². The summed E-state index contributed by atoms with van der Waals surface area (Å²) in [6, 6.07) is 13.0. The van der Waals surface area contributed by atoms with E-state index in [0.29, 0.717) is 12.4 Å². The Balaban J connectivity index is 1.70. The number of hydrogen-bond acceptors (Lipinski definition) is 5. The lowest BCUT2D eigenvalue weighted by molar-refractivity contribution is 0.469. The number of rotatable bonds is 4. The van der Waals surface area contributed by atoms with Crippen molar-refractivity contribution >= 4 is 21.6 Å². The van der Waals surface area contributed by atoms with E-state index in [-0.39, 0.29) is 5.75 Å². The first kappa shape index (κ1) is 13.6. The molecule has 0 saturated heterocycles. The number of benzene rings is 2. The maximum Gasteiger partial charge on any atom is 0.247 e. The highest BCUT2D eigenvalue weighted by Crippen LogP contribution is 2.24. The highest BCUT2D eigenvalue weighted by atomic mass is 79.9. The second kappa shape index (κ2) is 5.97. The summed E-state index contributed by atoms with van der Waals surface area (Å²) in [5.74, 6) is 0.763. The van der Waals surface area contributed by atoms with Gasteiger partial charge in [-0.25, -0.2) is 0 Å². The van der Waals surface area contributed by atoms with Crippen molar-refractivity contribution in [1.29, 1.82) is 0 Å². The lowest BCUT2D eigenvalue weighted by Gasteiger charge is -2.09. The Morgan fingerprint density at radius 1 is 1.14 bits per heavy atom. The van der Waals surface area contributed by atoms with E-state index in [1.165, 1.54) is 6.39 Å². The van der Waals surface area contributed by atoms with E-state index in [2.05, 4.69) is 31.4 Å².